The normalized spacial score (nSPS) is 11.3. The zero-order valence-electron chi connectivity index (χ0n) is 10.7. The van der Waals surface area contributed by atoms with Gasteiger partial charge in [-0.2, -0.15) is 0 Å². The van der Waals surface area contributed by atoms with Crippen molar-refractivity contribution in [3.8, 4) is 5.75 Å². The number of para-hydroxylation sites is 1. The average molecular weight is 276 g/mol. The summed E-state index contributed by atoms with van der Waals surface area (Å²) in [5.74, 6) is 1.26. The van der Waals surface area contributed by atoms with Crippen LogP contribution in [-0.4, -0.2) is 19.0 Å². The summed E-state index contributed by atoms with van der Waals surface area (Å²) in [7, 11) is 0. The minimum absolute atomic E-state index is 0.362. The number of nitrogens with zero attached hydrogens (tertiary/aromatic N) is 1. The van der Waals surface area contributed by atoms with Crippen molar-refractivity contribution in [2.24, 2.45) is 10.9 Å². The van der Waals surface area contributed by atoms with Crippen LogP contribution in [0.5, 0.6) is 5.75 Å². The van der Waals surface area contributed by atoms with Crippen molar-refractivity contribution in [3.05, 3.63) is 52.2 Å². The van der Waals surface area contributed by atoms with Gasteiger partial charge in [0.2, 0.25) is 0 Å². The summed E-state index contributed by atoms with van der Waals surface area (Å²) in [6.07, 6.45) is 0. The predicted octanol–water partition coefficient (Wildman–Crippen LogP) is 2.77. The lowest BCUT2D eigenvalue weighted by Crippen LogP contribution is -2.13. The summed E-state index contributed by atoms with van der Waals surface area (Å²) in [5, 5.41) is 5.79. The van der Waals surface area contributed by atoms with E-state index in [9.17, 15) is 0 Å². The van der Waals surface area contributed by atoms with Gasteiger partial charge in [-0.1, -0.05) is 29.4 Å². The Kier molecular flexibility index (Phi) is 4.80. The number of ether oxygens (including phenoxy) is 1. The number of benzene rings is 1. The van der Waals surface area contributed by atoms with Gasteiger partial charge in [0.1, 0.15) is 12.4 Å². The topological polar surface area (TPSA) is 56.8 Å². The van der Waals surface area contributed by atoms with Gasteiger partial charge in [-0.05, 0) is 30.0 Å². The quantitative estimate of drug-likeness (QED) is 0.382. The van der Waals surface area contributed by atoms with Gasteiger partial charge in [-0.3, -0.25) is 0 Å². The second-order valence-electron chi connectivity index (χ2n) is 3.90. The Bertz CT molecular complexity index is 538. The molecule has 0 saturated carbocycles. The van der Waals surface area contributed by atoms with Crippen molar-refractivity contribution < 1.29 is 9.57 Å². The third-order valence-electron chi connectivity index (χ3n) is 2.46. The van der Waals surface area contributed by atoms with E-state index >= 15 is 0 Å². The number of hydrogen-bond acceptors (Lipinski definition) is 4. The van der Waals surface area contributed by atoms with Crippen LogP contribution in [0.2, 0.25) is 0 Å². The van der Waals surface area contributed by atoms with Crippen LogP contribution in [-0.2, 0) is 4.84 Å². The maximum absolute atomic E-state index is 5.75. The van der Waals surface area contributed by atoms with E-state index in [0.717, 1.165) is 16.2 Å². The Morgan fingerprint density at radius 2 is 2.05 bits per heavy atom. The minimum atomic E-state index is 0.362. The molecule has 0 saturated heterocycles. The molecular weight excluding hydrogens is 260 g/mol. The monoisotopic (exact) mass is 276 g/mol. The van der Waals surface area contributed by atoms with Crippen LogP contribution in [0, 0.1) is 6.92 Å². The van der Waals surface area contributed by atoms with Gasteiger partial charge in [-0.15, -0.1) is 11.3 Å². The summed E-state index contributed by atoms with van der Waals surface area (Å²) in [5.41, 5.74) is 6.85. The van der Waals surface area contributed by atoms with Crippen molar-refractivity contribution in [2.75, 3.05) is 13.2 Å². The van der Waals surface area contributed by atoms with Crippen LogP contribution in [0.15, 0.2) is 46.9 Å². The molecule has 19 heavy (non-hydrogen) atoms. The summed E-state index contributed by atoms with van der Waals surface area (Å²) >= 11 is 1.53. The third-order valence-corrected chi connectivity index (χ3v) is 3.35. The number of amidine groups is 1. The van der Waals surface area contributed by atoms with Gasteiger partial charge >= 0.3 is 0 Å². The molecule has 2 N–H and O–H groups in total. The molecule has 0 spiro atoms. The molecule has 0 atom stereocenters. The second kappa shape index (κ2) is 6.80. The predicted molar refractivity (Wildman–Crippen MR) is 77.7 cm³/mol. The first-order chi connectivity index (χ1) is 9.27. The zero-order valence-corrected chi connectivity index (χ0v) is 11.5. The van der Waals surface area contributed by atoms with E-state index in [0.29, 0.717) is 19.0 Å². The summed E-state index contributed by atoms with van der Waals surface area (Å²) < 4.78 is 5.58. The smallest absolute Gasteiger partial charge is 0.180 e. The number of nitrogens with two attached hydrogens (primary N) is 1. The van der Waals surface area contributed by atoms with E-state index in [1.807, 2.05) is 48.7 Å². The lowest BCUT2D eigenvalue weighted by Gasteiger charge is -2.07. The molecule has 1 heterocycles. The van der Waals surface area contributed by atoms with E-state index < -0.39 is 0 Å². The molecule has 0 bridgehead atoms. The lowest BCUT2D eigenvalue weighted by atomic mass is 10.2. The highest BCUT2D eigenvalue weighted by atomic mass is 32.1. The van der Waals surface area contributed by atoms with Crippen LogP contribution in [0.3, 0.4) is 0 Å². The largest absolute Gasteiger partial charge is 0.490 e. The first-order valence-corrected chi connectivity index (χ1v) is 6.83. The molecule has 1 aromatic carbocycles. The van der Waals surface area contributed by atoms with E-state index in [1.165, 1.54) is 11.3 Å². The molecule has 4 nitrogen and oxygen atoms in total. The summed E-state index contributed by atoms with van der Waals surface area (Å²) in [6, 6.07) is 11.7. The lowest BCUT2D eigenvalue weighted by molar-refractivity contribution is 0.107. The Morgan fingerprint density at radius 1 is 1.21 bits per heavy atom. The highest BCUT2D eigenvalue weighted by Gasteiger charge is 2.00. The molecule has 1 aromatic heterocycles. The second-order valence-corrected chi connectivity index (χ2v) is 4.85. The fraction of sp³-hybridized carbons (Fsp3) is 0.214. The highest BCUT2D eigenvalue weighted by molar-refractivity contribution is 7.12. The zero-order chi connectivity index (χ0) is 13.5. The van der Waals surface area contributed by atoms with Crippen molar-refractivity contribution in [3.63, 3.8) is 0 Å². The average Bonchev–Trinajstić information content (AvgIpc) is 2.94. The molecule has 0 aliphatic rings. The molecule has 0 aliphatic heterocycles. The maximum atomic E-state index is 5.75. The van der Waals surface area contributed by atoms with E-state index in [1.54, 1.807) is 0 Å². The van der Waals surface area contributed by atoms with Crippen LogP contribution in [0.1, 0.15) is 10.4 Å². The first-order valence-electron chi connectivity index (χ1n) is 5.95. The molecule has 2 rings (SSSR count). The van der Waals surface area contributed by atoms with E-state index in [2.05, 4.69) is 5.16 Å². The highest BCUT2D eigenvalue weighted by Crippen LogP contribution is 2.15. The van der Waals surface area contributed by atoms with Gasteiger partial charge in [0, 0.05) is 0 Å². The van der Waals surface area contributed by atoms with Crippen LogP contribution in [0.4, 0.5) is 0 Å². The fourth-order valence-electron chi connectivity index (χ4n) is 1.49. The van der Waals surface area contributed by atoms with Crippen molar-refractivity contribution in [1.29, 1.82) is 0 Å². The Hall–Kier alpha value is -2.01. The number of thiophene rings is 1. The standard InChI is InChI=1S/C14H16N2O2S/c1-11-5-2-3-6-12(11)17-8-9-18-16-14(15)13-7-4-10-19-13/h2-7,10H,8-9H2,1H3,(H2,15,16). The SMILES string of the molecule is Cc1ccccc1OCCO/N=C(\N)c1cccs1. The Morgan fingerprint density at radius 3 is 2.79 bits per heavy atom. The van der Waals surface area contributed by atoms with Crippen LogP contribution < -0.4 is 10.5 Å². The van der Waals surface area contributed by atoms with Crippen LogP contribution in [0.25, 0.3) is 0 Å². The van der Waals surface area contributed by atoms with Gasteiger partial charge < -0.3 is 15.3 Å². The molecule has 2 aromatic rings. The Labute approximate surface area is 116 Å². The van der Waals surface area contributed by atoms with Crippen LogP contribution >= 0.6 is 11.3 Å². The molecule has 0 unspecified atom stereocenters. The number of rotatable bonds is 6. The number of oxime groups is 1. The number of hydrogen-bond donors (Lipinski definition) is 1. The third kappa shape index (κ3) is 3.99. The van der Waals surface area contributed by atoms with E-state index in [-0.39, 0.29) is 0 Å². The van der Waals surface area contributed by atoms with Crippen molar-refractivity contribution in [2.45, 2.75) is 6.92 Å². The van der Waals surface area contributed by atoms with Crippen molar-refractivity contribution in [1.82, 2.24) is 0 Å². The van der Waals surface area contributed by atoms with Crippen molar-refractivity contribution >= 4 is 17.2 Å². The number of aryl methyl sites for hydroxylation is 1. The molecular formula is C14H16N2O2S. The molecule has 0 radical (unpaired) electrons. The van der Waals surface area contributed by atoms with Gasteiger partial charge in [0.05, 0.1) is 4.88 Å². The Balaban J connectivity index is 1.73. The van der Waals surface area contributed by atoms with Gasteiger partial charge in [0.15, 0.2) is 12.4 Å². The fourth-order valence-corrected chi connectivity index (χ4v) is 2.11. The molecule has 0 amide bonds. The van der Waals surface area contributed by atoms with Gasteiger partial charge in [0.25, 0.3) is 0 Å². The molecule has 0 aliphatic carbocycles. The van der Waals surface area contributed by atoms with E-state index in [4.69, 9.17) is 15.3 Å². The molecule has 0 fully saturated rings. The summed E-state index contributed by atoms with van der Waals surface area (Å²) in [6.45, 7) is 2.80. The molecule has 100 valence electrons. The first kappa shape index (κ1) is 13.4. The summed E-state index contributed by atoms with van der Waals surface area (Å²) in [4.78, 5) is 6.03. The molecule has 5 heteroatoms. The maximum Gasteiger partial charge on any atom is 0.180 e. The minimum Gasteiger partial charge on any atom is -0.490 e. The van der Waals surface area contributed by atoms with Gasteiger partial charge in [-0.25, -0.2) is 0 Å².